The summed E-state index contributed by atoms with van der Waals surface area (Å²) in [4.78, 5) is 32.1. The topological polar surface area (TPSA) is 71.4 Å². The second-order valence-electron chi connectivity index (χ2n) is 6.81. The first-order valence-electron chi connectivity index (χ1n) is 8.42. The van der Waals surface area contributed by atoms with Gasteiger partial charge in [0.15, 0.2) is 0 Å². The van der Waals surface area contributed by atoms with E-state index in [-0.39, 0.29) is 17.9 Å². The third-order valence-electron chi connectivity index (χ3n) is 4.99. The highest BCUT2D eigenvalue weighted by atomic mass is 16.1. The van der Waals surface area contributed by atoms with Crippen molar-refractivity contribution in [2.24, 2.45) is 16.8 Å². The molecule has 1 aromatic rings. The van der Waals surface area contributed by atoms with Crippen LogP contribution in [0.15, 0.2) is 17.3 Å². The van der Waals surface area contributed by atoms with Gasteiger partial charge in [-0.25, -0.2) is 9.98 Å². The van der Waals surface area contributed by atoms with Gasteiger partial charge >= 0.3 is 0 Å². The summed E-state index contributed by atoms with van der Waals surface area (Å²) in [5.41, 5.74) is 2.64. The van der Waals surface area contributed by atoms with Crippen LogP contribution in [0.5, 0.6) is 0 Å². The highest BCUT2D eigenvalue weighted by molar-refractivity contribution is 6.88. The average molecular weight is 308 g/mol. The maximum Gasteiger partial charge on any atom is 0.253 e. The van der Waals surface area contributed by atoms with Crippen LogP contribution in [0, 0.1) is 11.8 Å². The van der Waals surface area contributed by atoms with E-state index in [0.717, 1.165) is 48.9 Å². The molecule has 6 heteroatoms. The van der Waals surface area contributed by atoms with E-state index in [2.05, 4.69) is 22.6 Å². The number of pyridine rings is 1. The highest BCUT2D eigenvalue weighted by Crippen LogP contribution is 2.33. The zero-order chi connectivity index (χ0) is 15.8. The van der Waals surface area contributed by atoms with Crippen LogP contribution in [0.3, 0.4) is 0 Å². The van der Waals surface area contributed by atoms with Crippen LogP contribution in [0.4, 0.5) is 5.82 Å². The molecule has 1 N–H and O–H groups in total. The lowest BCUT2D eigenvalue weighted by Crippen LogP contribution is -2.38. The maximum absolute atomic E-state index is 12.4. The third-order valence-corrected chi connectivity index (χ3v) is 4.99. The first-order chi connectivity index (χ1) is 11.2. The van der Waals surface area contributed by atoms with Gasteiger partial charge in [0.05, 0.1) is 5.56 Å². The molecule has 1 radical (unpaired) electrons. The fourth-order valence-electron chi connectivity index (χ4n) is 3.37. The largest absolute Gasteiger partial charge is 0.349 e. The molecule has 2 aliphatic carbocycles. The Morgan fingerprint density at radius 1 is 1.22 bits per heavy atom. The number of nitrogens with one attached hydrogen (secondary N) is 1. The van der Waals surface area contributed by atoms with E-state index in [1.165, 1.54) is 12.8 Å². The predicted molar refractivity (Wildman–Crippen MR) is 88.7 cm³/mol. The number of aldehydes is 1. The highest BCUT2D eigenvalue weighted by Gasteiger charge is 2.32. The Morgan fingerprint density at radius 2 is 2.00 bits per heavy atom. The molecule has 0 bridgehead atoms. The summed E-state index contributed by atoms with van der Waals surface area (Å²) in [5.74, 6) is 1.41. The van der Waals surface area contributed by atoms with E-state index in [4.69, 9.17) is 0 Å². The number of amides is 1. The fourth-order valence-corrected chi connectivity index (χ4v) is 3.37. The van der Waals surface area contributed by atoms with E-state index >= 15 is 0 Å². The molecule has 2 saturated carbocycles. The third kappa shape index (κ3) is 3.07. The second-order valence-corrected chi connectivity index (χ2v) is 6.81. The minimum absolute atomic E-state index is 0.0804. The van der Waals surface area contributed by atoms with Crippen molar-refractivity contribution in [3.05, 3.63) is 17.8 Å². The van der Waals surface area contributed by atoms with E-state index in [1.807, 2.05) is 6.07 Å². The van der Waals surface area contributed by atoms with Gasteiger partial charge in [0.25, 0.3) is 5.91 Å². The summed E-state index contributed by atoms with van der Waals surface area (Å²) in [6.07, 6.45) is 8.53. The maximum atomic E-state index is 12.4. The number of rotatable bonds is 4. The van der Waals surface area contributed by atoms with E-state index < -0.39 is 0 Å². The lowest BCUT2D eigenvalue weighted by Gasteiger charge is -2.26. The molecule has 0 unspecified atom stereocenters. The first kappa shape index (κ1) is 14.6. The van der Waals surface area contributed by atoms with Gasteiger partial charge in [-0.15, -0.1) is 0 Å². The number of aliphatic imine (C=N–C) groups is 1. The number of hydrogen-bond donors (Lipinski definition) is 1. The van der Waals surface area contributed by atoms with Crippen LogP contribution in [-0.2, 0) is 4.79 Å². The number of carbonyl (C=O) groups is 2. The molecule has 0 atom stereocenters. The smallest absolute Gasteiger partial charge is 0.253 e. The average Bonchev–Trinajstić information content (AvgIpc) is 3.34. The summed E-state index contributed by atoms with van der Waals surface area (Å²) in [6, 6.07) is 2.04. The summed E-state index contributed by atoms with van der Waals surface area (Å²) < 4.78 is 0. The van der Waals surface area contributed by atoms with Gasteiger partial charge in [0.2, 0.25) is 7.28 Å². The van der Waals surface area contributed by atoms with Gasteiger partial charge in [-0.1, -0.05) is 0 Å². The Hall–Kier alpha value is -1.98. The molecular weight excluding hydrogens is 289 g/mol. The Labute approximate surface area is 136 Å². The van der Waals surface area contributed by atoms with Gasteiger partial charge in [-0.05, 0) is 61.6 Å². The minimum Gasteiger partial charge on any atom is -0.349 e. The van der Waals surface area contributed by atoms with Crippen molar-refractivity contribution in [3.63, 3.8) is 0 Å². The van der Waals surface area contributed by atoms with Crippen molar-refractivity contribution >= 4 is 36.4 Å². The van der Waals surface area contributed by atoms with Crippen molar-refractivity contribution in [1.82, 2.24) is 10.3 Å². The van der Waals surface area contributed by atoms with Crippen molar-refractivity contribution in [2.75, 3.05) is 0 Å². The van der Waals surface area contributed by atoms with Crippen molar-refractivity contribution < 1.29 is 9.59 Å². The van der Waals surface area contributed by atoms with Gasteiger partial charge in [0, 0.05) is 18.2 Å². The van der Waals surface area contributed by atoms with Crippen molar-refractivity contribution in [3.8, 4) is 0 Å². The molecule has 1 aliphatic heterocycles. The van der Waals surface area contributed by atoms with E-state index in [0.29, 0.717) is 11.5 Å². The number of carbonyl (C=O) groups excluding carboxylic acids is 2. The SMILES string of the molecule is O=CC1CCC(NC(=O)c2cnc3c(c2)[B]C(C2CC2)=N3)CC1. The molecule has 0 aromatic carbocycles. The fraction of sp³-hybridized carbons (Fsp3) is 0.529. The zero-order valence-electron chi connectivity index (χ0n) is 13.0. The molecule has 117 valence electrons. The van der Waals surface area contributed by atoms with Crippen molar-refractivity contribution in [2.45, 2.75) is 44.6 Å². The number of hydrogen-bond acceptors (Lipinski definition) is 4. The quantitative estimate of drug-likeness (QED) is 0.674. The minimum atomic E-state index is -0.0804. The molecular formula is C17H19BN3O2. The lowest BCUT2D eigenvalue weighted by molar-refractivity contribution is -0.111. The molecule has 23 heavy (non-hydrogen) atoms. The number of aromatic nitrogens is 1. The molecule has 0 saturated heterocycles. The van der Waals surface area contributed by atoms with Crippen molar-refractivity contribution in [1.29, 1.82) is 0 Å². The molecule has 1 aromatic heterocycles. The van der Waals surface area contributed by atoms with E-state index in [9.17, 15) is 9.59 Å². The predicted octanol–water partition coefficient (Wildman–Crippen LogP) is 1.35. The molecule has 1 amide bonds. The van der Waals surface area contributed by atoms with Gasteiger partial charge in [-0.2, -0.15) is 0 Å². The standard InChI is InChI=1S/C17H19BN3O2/c22-9-10-1-5-13(6-2-10)20-17(23)12-7-14-16(19-8-12)21-15(18-14)11-3-4-11/h7-11,13H,1-6H2,(H,20,23). The summed E-state index contributed by atoms with van der Waals surface area (Å²) in [5, 5.41) is 3.07. The van der Waals surface area contributed by atoms with Gasteiger partial charge in [0.1, 0.15) is 12.1 Å². The molecule has 5 nitrogen and oxygen atoms in total. The molecule has 0 spiro atoms. The summed E-state index contributed by atoms with van der Waals surface area (Å²) in [6.45, 7) is 0. The van der Waals surface area contributed by atoms with Crippen LogP contribution in [0.25, 0.3) is 0 Å². The van der Waals surface area contributed by atoms with Gasteiger partial charge in [-0.3, -0.25) is 4.79 Å². The Morgan fingerprint density at radius 3 is 2.70 bits per heavy atom. The molecule has 2 heterocycles. The summed E-state index contributed by atoms with van der Waals surface area (Å²) >= 11 is 0. The lowest BCUT2D eigenvalue weighted by atomic mass is 9.66. The molecule has 4 rings (SSSR count). The Kier molecular flexibility index (Phi) is 3.75. The normalized spacial score (nSPS) is 26.0. The van der Waals surface area contributed by atoms with Crippen LogP contribution in [-0.4, -0.2) is 36.1 Å². The van der Waals surface area contributed by atoms with Gasteiger partial charge < -0.3 is 10.1 Å². The number of fused-ring (bicyclic) bond motifs is 1. The molecule has 2 fully saturated rings. The molecule has 3 aliphatic rings. The Bertz CT molecular complexity index is 676. The number of nitrogens with zero attached hydrogens (tertiary/aromatic N) is 2. The monoisotopic (exact) mass is 308 g/mol. The Balaban J connectivity index is 1.39. The zero-order valence-corrected chi connectivity index (χ0v) is 13.0. The van der Waals surface area contributed by atoms with Crippen LogP contribution < -0.4 is 10.8 Å². The summed E-state index contributed by atoms with van der Waals surface area (Å²) in [7, 11) is 2.06. The first-order valence-corrected chi connectivity index (χ1v) is 8.42. The van der Waals surface area contributed by atoms with Crippen LogP contribution >= 0.6 is 0 Å². The van der Waals surface area contributed by atoms with Crippen LogP contribution in [0.1, 0.15) is 48.9 Å². The van der Waals surface area contributed by atoms with Crippen LogP contribution in [0.2, 0.25) is 0 Å². The second kappa shape index (κ2) is 5.91. The van der Waals surface area contributed by atoms with E-state index in [1.54, 1.807) is 6.20 Å².